The molecule has 0 aliphatic carbocycles. The molecule has 0 fully saturated rings. The summed E-state index contributed by atoms with van der Waals surface area (Å²) in [4.78, 5) is 25.2. The molecule has 0 aromatic heterocycles. The molecule has 0 radical (unpaired) electrons. The number of amides is 2. The summed E-state index contributed by atoms with van der Waals surface area (Å²) in [6, 6.07) is 7.70. The lowest BCUT2D eigenvalue weighted by Gasteiger charge is -2.11. The molecule has 2 amide bonds. The number of nitrogens with one attached hydrogen (secondary N) is 2. The van der Waals surface area contributed by atoms with Gasteiger partial charge in [0.1, 0.15) is 0 Å². The van der Waals surface area contributed by atoms with Crippen molar-refractivity contribution in [2.24, 2.45) is 0 Å². The highest BCUT2D eigenvalue weighted by atomic mass is 16.2. The van der Waals surface area contributed by atoms with E-state index in [1.165, 1.54) is 25.7 Å². The largest absolute Gasteiger partial charge is 0.349 e. The standard InChI is InChI=1S/C20H33N3O2/c1-4-5-6-7-8-14-21-16-19(24)22-18-11-9-10-17(15-18)12-13-20(25)23(2)3/h9-11,15,21H,4-8,12-14,16H2,1-3H3,(H,22,24). The van der Waals surface area contributed by atoms with Crippen LogP contribution in [0.2, 0.25) is 0 Å². The number of benzene rings is 1. The van der Waals surface area contributed by atoms with Gasteiger partial charge >= 0.3 is 0 Å². The SMILES string of the molecule is CCCCCCCNCC(=O)Nc1cccc(CCC(=O)N(C)C)c1. The van der Waals surface area contributed by atoms with Crippen molar-refractivity contribution in [3.05, 3.63) is 29.8 Å². The van der Waals surface area contributed by atoms with Crippen molar-refractivity contribution in [1.82, 2.24) is 10.2 Å². The number of carbonyl (C=O) groups is 2. The maximum Gasteiger partial charge on any atom is 0.238 e. The van der Waals surface area contributed by atoms with Crippen LogP contribution in [0.25, 0.3) is 0 Å². The van der Waals surface area contributed by atoms with Gasteiger partial charge in [0.2, 0.25) is 11.8 Å². The van der Waals surface area contributed by atoms with Crippen LogP contribution >= 0.6 is 0 Å². The van der Waals surface area contributed by atoms with Crippen LogP contribution in [-0.2, 0) is 16.0 Å². The van der Waals surface area contributed by atoms with Crippen LogP contribution in [0, 0.1) is 0 Å². The van der Waals surface area contributed by atoms with Crippen molar-refractivity contribution in [1.29, 1.82) is 0 Å². The zero-order valence-corrected chi connectivity index (χ0v) is 15.9. The maximum atomic E-state index is 12.0. The van der Waals surface area contributed by atoms with Gasteiger partial charge < -0.3 is 15.5 Å². The van der Waals surface area contributed by atoms with Gasteiger partial charge in [-0.2, -0.15) is 0 Å². The molecule has 0 aliphatic heterocycles. The zero-order chi connectivity index (χ0) is 18.5. The van der Waals surface area contributed by atoms with E-state index < -0.39 is 0 Å². The number of hydrogen-bond donors (Lipinski definition) is 2. The third-order valence-corrected chi connectivity index (χ3v) is 4.08. The first-order valence-corrected chi connectivity index (χ1v) is 9.32. The minimum absolute atomic E-state index is 0.0323. The van der Waals surface area contributed by atoms with E-state index >= 15 is 0 Å². The molecular weight excluding hydrogens is 314 g/mol. The predicted molar refractivity (Wildman–Crippen MR) is 104 cm³/mol. The van der Waals surface area contributed by atoms with E-state index in [4.69, 9.17) is 0 Å². The number of nitrogens with zero attached hydrogens (tertiary/aromatic N) is 1. The molecule has 0 saturated carbocycles. The molecule has 25 heavy (non-hydrogen) atoms. The predicted octanol–water partition coefficient (Wildman–Crippen LogP) is 3.21. The third kappa shape index (κ3) is 9.87. The Kier molecular flexibility index (Phi) is 10.6. The van der Waals surface area contributed by atoms with Gasteiger partial charge in [0, 0.05) is 26.2 Å². The quantitative estimate of drug-likeness (QED) is 0.571. The van der Waals surface area contributed by atoms with Crippen LogP contribution in [0.1, 0.15) is 51.0 Å². The Labute approximate surface area is 152 Å². The van der Waals surface area contributed by atoms with Crippen LogP contribution in [0.3, 0.4) is 0 Å². The number of anilines is 1. The molecule has 2 N–H and O–H groups in total. The summed E-state index contributed by atoms with van der Waals surface area (Å²) in [7, 11) is 3.52. The van der Waals surface area contributed by atoms with Gasteiger partial charge in [0.15, 0.2) is 0 Å². The Morgan fingerprint density at radius 3 is 2.56 bits per heavy atom. The lowest BCUT2D eigenvalue weighted by Crippen LogP contribution is -2.28. The van der Waals surface area contributed by atoms with E-state index in [1.807, 2.05) is 24.3 Å². The number of carbonyl (C=O) groups excluding carboxylic acids is 2. The van der Waals surface area contributed by atoms with E-state index in [9.17, 15) is 9.59 Å². The Morgan fingerprint density at radius 1 is 1.08 bits per heavy atom. The first-order chi connectivity index (χ1) is 12.0. The lowest BCUT2D eigenvalue weighted by molar-refractivity contribution is -0.128. The zero-order valence-electron chi connectivity index (χ0n) is 15.9. The number of aryl methyl sites for hydroxylation is 1. The van der Waals surface area contributed by atoms with Gasteiger partial charge in [-0.05, 0) is 37.1 Å². The van der Waals surface area contributed by atoms with Crippen LogP contribution in [0.5, 0.6) is 0 Å². The monoisotopic (exact) mass is 347 g/mol. The number of rotatable bonds is 12. The summed E-state index contributed by atoms with van der Waals surface area (Å²) in [5, 5.41) is 6.09. The molecule has 0 saturated heterocycles. The Balaban J connectivity index is 2.28. The molecule has 5 heteroatoms. The van der Waals surface area contributed by atoms with Crippen molar-refractivity contribution in [3.63, 3.8) is 0 Å². The van der Waals surface area contributed by atoms with Crippen molar-refractivity contribution in [2.75, 3.05) is 32.5 Å². The van der Waals surface area contributed by atoms with E-state index in [0.29, 0.717) is 19.4 Å². The van der Waals surface area contributed by atoms with E-state index in [2.05, 4.69) is 17.6 Å². The first-order valence-electron chi connectivity index (χ1n) is 9.32. The van der Waals surface area contributed by atoms with E-state index in [1.54, 1.807) is 19.0 Å². The van der Waals surface area contributed by atoms with Crippen LogP contribution in [0.15, 0.2) is 24.3 Å². The van der Waals surface area contributed by atoms with E-state index in [-0.39, 0.29) is 11.8 Å². The Bertz CT molecular complexity index is 529. The van der Waals surface area contributed by atoms with Crippen LogP contribution in [0.4, 0.5) is 5.69 Å². The molecule has 0 unspecified atom stereocenters. The molecule has 0 spiro atoms. The summed E-state index contributed by atoms with van der Waals surface area (Å²) in [6.45, 7) is 3.42. The molecule has 1 aromatic carbocycles. The second-order valence-electron chi connectivity index (χ2n) is 6.63. The summed E-state index contributed by atoms with van der Waals surface area (Å²) >= 11 is 0. The highest BCUT2D eigenvalue weighted by Crippen LogP contribution is 2.12. The fourth-order valence-electron chi connectivity index (χ4n) is 2.54. The summed E-state index contributed by atoms with van der Waals surface area (Å²) < 4.78 is 0. The molecule has 0 aliphatic rings. The summed E-state index contributed by atoms with van der Waals surface area (Å²) in [5.41, 5.74) is 1.83. The van der Waals surface area contributed by atoms with Gasteiger partial charge in [-0.1, -0.05) is 44.7 Å². The minimum Gasteiger partial charge on any atom is -0.349 e. The minimum atomic E-state index is -0.0323. The van der Waals surface area contributed by atoms with Crippen molar-refractivity contribution in [2.45, 2.75) is 51.9 Å². The third-order valence-electron chi connectivity index (χ3n) is 4.08. The average molecular weight is 348 g/mol. The second-order valence-corrected chi connectivity index (χ2v) is 6.63. The fraction of sp³-hybridized carbons (Fsp3) is 0.600. The smallest absolute Gasteiger partial charge is 0.238 e. The Hall–Kier alpha value is -1.88. The molecule has 5 nitrogen and oxygen atoms in total. The highest BCUT2D eigenvalue weighted by molar-refractivity contribution is 5.92. The molecule has 0 atom stereocenters. The van der Waals surface area contributed by atoms with Crippen molar-refractivity contribution in [3.8, 4) is 0 Å². The van der Waals surface area contributed by atoms with Gasteiger partial charge in [-0.3, -0.25) is 9.59 Å². The summed E-state index contributed by atoms with van der Waals surface area (Å²) in [5.74, 6) is 0.0765. The van der Waals surface area contributed by atoms with Crippen LogP contribution in [-0.4, -0.2) is 43.9 Å². The number of hydrogen-bond acceptors (Lipinski definition) is 3. The van der Waals surface area contributed by atoms with Gasteiger partial charge in [0.25, 0.3) is 0 Å². The second kappa shape index (κ2) is 12.5. The topological polar surface area (TPSA) is 61.4 Å². The normalized spacial score (nSPS) is 10.5. The van der Waals surface area contributed by atoms with Gasteiger partial charge in [-0.25, -0.2) is 0 Å². The number of unbranched alkanes of at least 4 members (excludes halogenated alkanes) is 4. The molecule has 0 heterocycles. The van der Waals surface area contributed by atoms with Gasteiger partial charge in [0.05, 0.1) is 6.54 Å². The highest BCUT2D eigenvalue weighted by Gasteiger charge is 2.06. The molecular formula is C20H33N3O2. The molecule has 1 rings (SSSR count). The average Bonchev–Trinajstić information content (AvgIpc) is 2.59. The molecule has 0 bridgehead atoms. The van der Waals surface area contributed by atoms with Crippen molar-refractivity contribution < 1.29 is 9.59 Å². The Morgan fingerprint density at radius 2 is 1.84 bits per heavy atom. The lowest BCUT2D eigenvalue weighted by atomic mass is 10.1. The van der Waals surface area contributed by atoms with Crippen molar-refractivity contribution >= 4 is 17.5 Å². The van der Waals surface area contributed by atoms with Gasteiger partial charge in [-0.15, -0.1) is 0 Å². The van der Waals surface area contributed by atoms with E-state index in [0.717, 1.165) is 24.2 Å². The molecule has 140 valence electrons. The summed E-state index contributed by atoms with van der Waals surface area (Å²) in [6.07, 6.45) is 7.29. The molecule has 1 aromatic rings. The maximum absolute atomic E-state index is 12.0. The first kappa shape index (κ1) is 21.2. The van der Waals surface area contributed by atoms with Crippen LogP contribution < -0.4 is 10.6 Å². The fourth-order valence-corrected chi connectivity index (χ4v) is 2.54.